The number of hydrogen-bond acceptors (Lipinski definition) is 7. The number of carbonyl (C=O) groups is 2. The lowest BCUT2D eigenvalue weighted by atomic mass is 10.1. The van der Waals surface area contributed by atoms with Crippen LogP contribution in [0.15, 0.2) is 29.0 Å². The van der Waals surface area contributed by atoms with Crippen molar-refractivity contribution in [2.75, 3.05) is 33.4 Å². The number of ether oxygens (including phenoxy) is 1. The molecular weight excluding hydrogens is 352 g/mol. The van der Waals surface area contributed by atoms with E-state index in [2.05, 4.69) is 25.8 Å². The highest BCUT2D eigenvalue weighted by molar-refractivity contribution is 5.88. The van der Waals surface area contributed by atoms with Crippen LogP contribution in [0.5, 0.6) is 0 Å². The zero-order chi connectivity index (χ0) is 19.1. The van der Waals surface area contributed by atoms with Gasteiger partial charge in [-0.3, -0.25) is 9.78 Å². The van der Waals surface area contributed by atoms with Crippen LogP contribution in [0, 0.1) is 0 Å². The van der Waals surface area contributed by atoms with E-state index in [1.54, 1.807) is 31.6 Å². The smallest absolute Gasteiger partial charge is 0.318 e. The molecule has 0 radical (unpaired) electrons. The molecule has 1 unspecified atom stereocenters. The van der Waals surface area contributed by atoms with E-state index in [0.717, 1.165) is 5.56 Å². The maximum atomic E-state index is 12.5. The highest BCUT2D eigenvalue weighted by atomic mass is 16.5. The Morgan fingerprint density at radius 2 is 2.26 bits per heavy atom. The van der Waals surface area contributed by atoms with Gasteiger partial charge in [-0.25, -0.2) is 4.79 Å². The number of nitrogens with zero attached hydrogens (tertiary/aromatic N) is 4. The van der Waals surface area contributed by atoms with Crippen molar-refractivity contribution in [2.24, 2.45) is 0 Å². The van der Waals surface area contributed by atoms with E-state index in [9.17, 15) is 9.59 Å². The predicted octanol–water partition coefficient (Wildman–Crippen LogP) is 0.221. The lowest BCUT2D eigenvalue weighted by Gasteiger charge is -2.34. The maximum Gasteiger partial charge on any atom is 0.318 e. The zero-order valence-electron chi connectivity index (χ0n) is 15.1. The molecule has 10 heteroatoms. The van der Waals surface area contributed by atoms with Gasteiger partial charge in [0.05, 0.1) is 6.42 Å². The fraction of sp³-hybridized carbons (Fsp3) is 0.471. The number of pyridine rings is 1. The fourth-order valence-corrected chi connectivity index (χ4v) is 2.80. The van der Waals surface area contributed by atoms with E-state index in [0.29, 0.717) is 44.4 Å². The van der Waals surface area contributed by atoms with Crippen LogP contribution in [0.25, 0.3) is 11.4 Å². The average Bonchev–Trinajstić information content (AvgIpc) is 3.16. The van der Waals surface area contributed by atoms with Gasteiger partial charge in [-0.2, -0.15) is 4.98 Å². The van der Waals surface area contributed by atoms with Crippen LogP contribution in [0.4, 0.5) is 4.79 Å². The third kappa shape index (κ3) is 4.79. The molecule has 1 aliphatic heterocycles. The van der Waals surface area contributed by atoms with Gasteiger partial charge in [-0.05, 0) is 18.6 Å². The van der Waals surface area contributed by atoms with E-state index in [1.807, 2.05) is 0 Å². The SMILES string of the molecule is COCCCNC(=O)N1CCNC(=O)C1Cc1nc(-c2ccncc2)no1. The van der Waals surface area contributed by atoms with Gasteiger partial charge in [0.25, 0.3) is 0 Å². The second-order valence-electron chi connectivity index (χ2n) is 6.03. The van der Waals surface area contributed by atoms with Crippen molar-refractivity contribution in [2.45, 2.75) is 18.9 Å². The Labute approximate surface area is 156 Å². The Hall–Kier alpha value is -3.01. The fourth-order valence-electron chi connectivity index (χ4n) is 2.80. The molecule has 144 valence electrons. The van der Waals surface area contributed by atoms with E-state index >= 15 is 0 Å². The number of amides is 3. The van der Waals surface area contributed by atoms with Crippen molar-refractivity contribution in [3.05, 3.63) is 30.4 Å². The number of piperazine rings is 1. The minimum atomic E-state index is -0.702. The van der Waals surface area contributed by atoms with Crippen molar-refractivity contribution in [3.8, 4) is 11.4 Å². The van der Waals surface area contributed by atoms with Crippen LogP contribution in [0.2, 0.25) is 0 Å². The Morgan fingerprint density at radius 1 is 1.44 bits per heavy atom. The number of nitrogens with one attached hydrogen (secondary N) is 2. The molecule has 10 nitrogen and oxygen atoms in total. The molecule has 3 amide bonds. The summed E-state index contributed by atoms with van der Waals surface area (Å²) in [7, 11) is 1.61. The van der Waals surface area contributed by atoms with Crippen molar-refractivity contribution in [1.82, 2.24) is 30.7 Å². The summed E-state index contributed by atoms with van der Waals surface area (Å²) in [5.74, 6) is 0.470. The largest absolute Gasteiger partial charge is 0.385 e. The zero-order valence-corrected chi connectivity index (χ0v) is 15.1. The molecule has 27 heavy (non-hydrogen) atoms. The summed E-state index contributed by atoms with van der Waals surface area (Å²) in [5, 5.41) is 9.52. The average molecular weight is 374 g/mol. The number of urea groups is 1. The van der Waals surface area contributed by atoms with Crippen LogP contribution in [0.1, 0.15) is 12.3 Å². The summed E-state index contributed by atoms with van der Waals surface area (Å²) in [4.78, 5) is 34.5. The van der Waals surface area contributed by atoms with Gasteiger partial charge in [-0.1, -0.05) is 5.16 Å². The van der Waals surface area contributed by atoms with Gasteiger partial charge in [-0.15, -0.1) is 0 Å². The molecule has 0 bridgehead atoms. The molecular formula is C17H22N6O4. The summed E-state index contributed by atoms with van der Waals surface area (Å²) in [6.07, 6.45) is 4.12. The molecule has 0 aliphatic carbocycles. The molecule has 1 fully saturated rings. The highest BCUT2D eigenvalue weighted by Gasteiger charge is 2.34. The number of carbonyl (C=O) groups excluding carboxylic acids is 2. The molecule has 2 aromatic heterocycles. The molecule has 1 aliphatic rings. The van der Waals surface area contributed by atoms with Crippen LogP contribution in [-0.4, -0.2) is 71.4 Å². The first-order valence-corrected chi connectivity index (χ1v) is 8.73. The maximum absolute atomic E-state index is 12.5. The first-order valence-electron chi connectivity index (χ1n) is 8.73. The first-order chi connectivity index (χ1) is 13.2. The second kappa shape index (κ2) is 9.08. The van der Waals surface area contributed by atoms with Crippen molar-refractivity contribution < 1.29 is 18.8 Å². The van der Waals surface area contributed by atoms with Crippen molar-refractivity contribution >= 4 is 11.9 Å². The monoisotopic (exact) mass is 374 g/mol. The summed E-state index contributed by atoms with van der Waals surface area (Å²) in [6.45, 7) is 1.86. The second-order valence-corrected chi connectivity index (χ2v) is 6.03. The molecule has 1 saturated heterocycles. The summed E-state index contributed by atoms with van der Waals surface area (Å²) < 4.78 is 10.2. The molecule has 0 saturated carbocycles. The Balaban J connectivity index is 1.66. The third-order valence-electron chi connectivity index (χ3n) is 4.17. The third-order valence-corrected chi connectivity index (χ3v) is 4.17. The Morgan fingerprint density at radius 3 is 3.04 bits per heavy atom. The highest BCUT2D eigenvalue weighted by Crippen LogP contribution is 2.17. The van der Waals surface area contributed by atoms with Gasteiger partial charge in [0.1, 0.15) is 6.04 Å². The van der Waals surface area contributed by atoms with Gasteiger partial charge in [0.15, 0.2) is 0 Å². The molecule has 2 N–H and O–H groups in total. The van der Waals surface area contributed by atoms with E-state index < -0.39 is 6.04 Å². The lowest BCUT2D eigenvalue weighted by Crippen LogP contribution is -2.60. The first kappa shape index (κ1) is 18.8. The standard InChI is InChI=1S/C17H22N6O4/c1-26-10-2-5-20-17(25)23-9-8-19-16(24)13(23)11-14-21-15(22-27-14)12-3-6-18-7-4-12/h3-4,6-7,13H,2,5,8-11H2,1H3,(H,19,24)(H,20,25). The normalized spacial score (nSPS) is 16.9. The van der Waals surface area contributed by atoms with Crippen molar-refractivity contribution in [1.29, 1.82) is 0 Å². The van der Waals surface area contributed by atoms with E-state index in [-0.39, 0.29) is 18.4 Å². The number of hydrogen-bond donors (Lipinski definition) is 2. The Kier molecular flexibility index (Phi) is 6.31. The Bertz CT molecular complexity index is 766. The minimum Gasteiger partial charge on any atom is -0.385 e. The molecule has 3 heterocycles. The quantitative estimate of drug-likeness (QED) is 0.665. The van der Waals surface area contributed by atoms with Gasteiger partial charge in [0, 0.05) is 51.3 Å². The summed E-state index contributed by atoms with van der Waals surface area (Å²) >= 11 is 0. The summed E-state index contributed by atoms with van der Waals surface area (Å²) in [6, 6.07) is 2.54. The van der Waals surface area contributed by atoms with Crippen LogP contribution in [-0.2, 0) is 16.0 Å². The number of methoxy groups -OCH3 is 1. The molecule has 2 aromatic rings. The van der Waals surface area contributed by atoms with Crippen molar-refractivity contribution in [3.63, 3.8) is 0 Å². The number of rotatable bonds is 7. The molecule has 0 spiro atoms. The molecule has 3 rings (SSSR count). The number of aromatic nitrogens is 3. The summed E-state index contributed by atoms with van der Waals surface area (Å²) in [5.41, 5.74) is 0.765. The van der Waals surface area contributed by atoms with E-state index in [4.69, 9.17) is 9.26 Å². The minimum absolute atomic E-state index is 0.148. The topological polar surface area (TPSA) is 122 Å². The van der Waals surface area contributed by atoms with Gasteiger partial charge < -0.3 is 24.8 Å². The predicted molar refractivity (Wildman–Crippen MR) is 94.6 cm³/mol. The van der Waals surface area contributed by atoms with Crippen LogP contribution >= 0.6 is 0 Å². The van der Waals surface area contributed by atoms with Crippen LogP contribution in [0.3, 0.4) is 0 Å². The molecule has 0 aromatic carbocycles. The van der Waals surface area contributed by atoms with E-state index in [1.165, 1.54) is 4.90 Å². The molecule has 1 atom stereocenters. The lowest BCUT2D eigenvalue weighted by molar-refractivity contribution is -0.127. The van der Waals surface area contributed by atoms with Gasteiger partial charge >= 0.3 is 6.03 Å². The van der Waals surface area contributed by atoms with Gasteiger partial charge in [0.2, 0.25) is 17.6 Å². The van der Waals surface area contributed by atoms with Crippen LogP contribution < -0.4 is 10.6 Å².